The van der Waals surface area contributed by atoms with Gasteiger partial charge in [-0.2, -0.15) is 0 Å². The molecular formula is C20H16N4O3. The van der Waals surface area contributed by atoms with Crippen LogP contribution in [0, 0.1) is 0 Å². The smallest absolute Gasteiger partial charge is 0.342 e. The highest BCUT2D eigenvalue weighted by molar-refractivity contribution is 5.98. The maximum absolute atomic E-state index is 12.4. The van der Waals surface area contributed by atoms with E-state index in [-0.39, 0.29) is 17.9 Å². The van der Waals surface area contributed by atoms with E-state index in [2.05, 4.69) is 15.5 Å². The average Bonchev–Trinajstić information content (AvgIpc) is 3.13. The van der Waals surface area contributed by atoms with Crippen LogP contribution in [-0.4, -0.2) is 31.3 Å². The van der Waals surface area contributed by atoms with Crippen LogP contribution >= 0.6 is 0 Å². The van der Waals surface area contributed by atoms with Gasteiger partial charge in [-0.05, 0) is 38.9 Å². The zero-order valence-corrected chi connectivity index (χ0v) is 14.3. The van der Waals surface area contributed by atoms with Crippen LogP contribution in [-0.2, 0) is 17.9 Å². The number of nitrogens with zero attached hydrogens (tertiary/aromatic N) is 4. The van der Waals surface area contributed by atoms with Crippen LogP contribution in [0.4, 0.5) is 0 Å². The number of aromatic hydroxyl groups is 1. The standard InChI is InChI=1S/C20H16N4O3/c25-18-11-16-9-5-4-8-15(16)10-17(18)20(26)27-13-19-21-22-23-24(19)12-14-6-2-1-3-7-14/h1-11,25H,12-13H2. The third-order valence-electron chi connectivity index (χ3n) is 4.20. The van der Waals surface area contributed by atoms with E-state index in [1.54, 1.807) is 16.8 Å². The molecule has 7 heteroatoms. The number of ether oxygens (including phenoxy) is 1. The number of fused-ring (bicyclic) bond motifs is 1. The van der Waals surface area contributed by atoms with Crippen molar-refractivity contribution in [2.75, 3.05) is 0 Å². The lowest BCUT2D eigenvalue weighted by Crippen LogP contribution is -2.12. The first-order chi connectivity index (χ1) is 13.2. The molecule has 0 atom stereocenters. The zero-order chi connectivity index (χ0) is 18.6. The molecule has 0 fully saturated rings. The molecule has 1 N–H and O–H groups in total. The molecule has 0 aliphatic heterocycles. The molecule has 1 heterocycles. The lowest BCUT2D eigenvalue weighted by atomic mass is 10.1. The quantitative estimate of drug-likeness (QED) is 0.550. The summed E-state index contributed by atoms with van der Waals surface area (Å²) in [5.41, 5.74) is 1.14. The summed E-state index contributed by atoms with van der Waals surface area (Å²) in [5, 5.41) is 23.3. The Morgan fingerprint density at radius 1 is 1.00 bits per heavy atom. The Morgan fingerprint density at radius 2 is 1.70 bits per heavy atom. The van der Waals surface area contributed by atoms with Crippen LogP contribution in [0.3, 0.4) is 0 Å². The van der Waals surface area contributed by atoms with Gasteiger partial charge in [0, 0.05) is 0 Å². The predicted molar refractivity (Wildman–Crippen MR) is 98.1 cm³/mol. The van der Waals surface area contributed by atoms with Crippen molar-refractivity contribution >= 4 is 16.7 Å². The number of aromatic nitrogens is 4. The molecule has 0 aliphatic rings. The van der Waals surface area contributed by atoms with Gasteiger partial charge in [0.25, 0.3) is 0 Å². The van der Waals surface area contributed by atoms with Gasteiger partial charge in [-0.1, -0.05) is 54.6 Å². The largest absolute Gasteiger partial charge is 0.507 e. The number of carbonyl (C=O) groups is 1. The highest BCUT2D eigenvalue weighted by Crippen LogP contribution is 2.25. The van der Waals surface area contributed by atoms with Crippen LogP contribution < -0.4 is 0 Å². The molecule has 0 amide bonds. The third-order valence-corrected chi connectivity index (χ3v) is 4.20. The van der Waals surface area contributed by atoms with E-state index < -0.39 is 5.97 Å². The minimum Gasteiger partial charge on any atom is -0.507 e. The van der Waals surface area contributed by atoms with Crippen molar-refractivity contribution in [2.24, 2.45) is 0 Å². The van der Waals surface area contributed by atoms with Gasteiger partial charge in [0.1, 0.15) is 11.3 Å². The fourth-order valence-corrected chi connectivity index (χ4v) is 2.81. The van der Waals surface area contributed by atoms with Crippen LogP contribution in [0.1, 0.15) is 21.7 Å². The molecule has 134 valence electrons. The van der Waals surface area contributed by atoms with Gasteiger partial charge >= 0.3 is 5.97 Å². The molecule has 3 aromatic carbocycles. The second-order valence-electron chi connectivity index (χ2n) is 6.03. The number of carbonyl (C=O) groups excluding carboxylic acids is 1. The van der Waals surface area contributed by atoms with Gasteiger partial charge in [-0.15, -0.1) is 5.10 Å². The highest BCUT2D eigenvalue weighted by atomic mass is 16.5. The summed E-state index contributed by atoms with van der Waals surface area (Å²) in [5.74, 6) is -0.331. The molecule has 1 aromatic heterocycles. The first kappa shape index (κ1) is 16.7. The Balaban J connectivity index is 1.49. The molecule has 4 aromatic rings. The van der Waals surface area contributed by atoms with Gasteiger partial charge in [0.05, 0.1) is 6.54 Å². The van der Waals surface area contributed by atoms with Crippen molar-refractivity contribution < 1.29 is 14.6 Å². The van der Waals surface area contributed by atoms with E-state index in [0.717, 1.165) is 16.3 Å². The monoisotopic (exact) mass is 360 g/mol. The fraction of sp³-hybridized carbons (Fsp3) is 0.100. The Labute approximate surface area is 154 Å². The summed E-state index contributed by atoms with van der Waals surface area (Å²) < 4.78 is 6.89. The molecular weight excluding hydrogens is 344 g/mol. The first-order valence-electron chi connectivity index (χ1n) is 8.38. The minimum atomic E-state index is -0.632. The van der Waals surface area contributed by atoms with E-state index in [0.29, 0.717) is 12.4 Å². The van der Waals surface area contributed by atoms with Crippen molar-refractivity contribution in [3.8, 4) is 5.75 Å². The summed E-state index contributed by atoms with van der Waals surface area (Å²) in [7, 11) is 0. The molecule has 0 unspecified atom stereocenters. The van der Waals surface area contributed by atoms with Crippen molar-refractivity contribution in [2.45, 2.75) is 13.2 Å². The van der Waals surface area contributed by atoms with Crippen LogP contribution in [0.25, 0.3) is 10.8 Å². The maximum Gasteiger partial charge on any atom is 0.342 e. The number of tetrazole rings is 1. The Kier molecular flexibility index (Phi) is 4.49. The SMILES string of the molecule is O=C(OCc1nnnn1Cc1ccccc1)c1cc2ccccc2cc1O. The number of benzene rings is 3. The number of rotatable bonds is 5. The molecule has 27 heavy (non-hydrogen) atoms. The molecule has 0 aliphatic carbocycles. The lowest BCUT2D eigenvalue weighted by Gasteiger charge is -2.08. The van der Waals surface area contributed by atoms with Crippen molar-refractivity contribution in [1.82, 2.24) is 20.2 Å². The normalized spacial score (nSPS) is 10.8. The van der Waals surface area contributed by atoms with Crippen LogP contribution in [0.15, 0.2) is 66.7 Å². The van der Waals surface area contributed by atoms with Crippen molar-refractivity contribution in [3.05, 3.63) is 83.7 Å². The predicted octanol–water partition coefficient (Wildman–Crippen LogP) is 2.94. The third kappa shape index (κ3) is 3.62. The fourth-order valence-electron chi connectivity index (χ4n) is 2.81. The molecule has 0 spiro atoms. The van der Waals surface area contributed by atoms with E-state index >= 15 is 0 Å². The zero-order valence-electron chi connectivity index (χ0n) is 14.3. The lowest BCUT2D eigenvalue weighted by molar-refractivity contribution is 0.0454. The molecule has 4 rings (SSSR count). The van der Waals surface area contributed by atoms with Crippen LogP contribution in [0.2, 0.25) is 0 Å². The number of phenolic OH excluding ortho intramolecular Hbond substituents is 1. The molecule has 7 nitrogen and oxygen atoms in total. The van der Waals surface area contributed by atoms with Gasteiger partial charge in [-0.25, -0.2) is 9.48 Å². The maximum atomic E-state index is 12.4. The summed E-state index contributed by atoms with van der Waals surface area (Å²) in [4.78, 5) is 12.4. The number of hydrogen-bond acceptors (Lipinski definition) is 6. The summed E-state index contributed by atoms with van der Waals surface area (Å²) in [6.07, 6.45) is 0. The van der Waals surface area contributed by atoms with Gasteiger partial charge in [0.2, 0.25) is 0 Å². The molecule has 0 bridgehead atoms. The van der Waals surface area contributed by atoms with E-state index in [1.165, 1.54) is 0 Å². The second kappa shape index (κ2) is 7.25. The number of hydrogen-bond donors (Lipinski definition) is 1. The van der Waals surface area contributed by atoms with Gasteiger partial charge in [-0.3, -0.25) is 0 Å². The first-order valence-corrected chi connectivity index (χ1v) is 8.38. The Hall–Kier alpha value is -3.74. The Morgan fingerprint density at radius 3 is 2.48 bits per heavy atom. The second-order valence-corrected chi connectivity index (χ2v) is 6.03. The summed E-state index contributed by atoms with van der Waals surface area (Å²) in [6, 6.07) is 20.3. The highest BCUT2D eigenvalue weighted by Gasteiger charge is 2.16. The Bertz CT molecular complexity index is 1090. The molecule has 0 saturated heterocycles. The number of esters is 1. The average molecular weight is 360 g/mol. The molecule has 0 radical (unpaired) electrons. The van der Waals surface area contributed by atoms with Gasteiger partial charge < -0.3 is 9.84 Å². The van der Waals surface area contributed by atoms with Crippen molar-refractivity contribution in [1.29, 1.82) is 0 Å². The minimum absolute atomic E-state index is 0.0923. The summed E-state index contributed by atoms with van der Waals surface area (Å²) in [6.45, 7) is 0.382. The molecule has 0 saturated carbocycles. The summed E-state index contributed by atoms with van der Waals surface area (Å²) >= 11 is 0. The van der Waals surface area contributed by atoms with E-state index in [4.69, 9.17) is 4.74 Å². The van der Waals surface area contributed by atoms with Crippen molar-refractivity contribution in [3.63, 3.8) is 0 Å². The topological polar surface area (TPSA) is 90.1 Å². The van der Waals surface area contributed by atoms with Crippen LogP contribution in [0.5, 0.6) is 5.75 Å². The number of phenols is 1. The van der Waals surface area contributed by atoms with Gasteiger partial charge in [0.15, 0.2) is 12.4 Å². The van der Waals surface area contributed by atoms with E-state index in [9.17, 15) is 9.90 Å². The van der Waals surface area contributed by atoms with E-state index in [1.807, 2.05) is 54.6 Å².